The molecule has 2 aliphatic rings. The lowest BCUT2D eigenvalue weighted by Crippen LogP contribution is -2.52. The SMILES string of the molecule is NCCCCN(N)/C=C(\N)COc1cc(SF)cc2c1CN(C1CCC(=O)NC1=O)C2=O. The van der Waals surface area contributed by atoms with Crippen LogP contribution in [0, 0.1) is 0 Å². The summed E-state index contributed by atoms with van der Waals surface area (Å²) in [4.78, 5) is 38.2. The average Bonchev–Trinajstić information content (AvgIpc) is 3.08. The Morgan fingerprint density at radius 2 is 2.12 bits per heavy atom. The summed E-state index contributed by atoms with van der Waals surface area (Å²) >= 11 is -0.0142. The van der Waals surface area contributed by atoms with Crippen molar-refractivity contribution < 1.29 is 23.0 Å². The molecular weight excluding hydrogens is 439 g/mol. The van der Waals surface area contributed by atoms with E-state index in [4.69, 9.17) is 22.0 Å². The minimum Gasteiger partial charge on any atom is -0.487 e. The molecule has 0 spiro atoms. The number of carbonyl (C=O) groups excluding carboxylic acids is 3. The monoisotopic (exact) mass is 466 g/mol. The molecule has 10 nitrogen and oxygen atoms in total. The van der Waals surface area contributed by atoms with E-state index < -0.39 is 17.9 Å². The van der Waals surface area contributed by atoms with Gasteiger partial charge >= 0.3 is 0 Å². The van der Waals surface area contributed by atoms with Crippen LogP contribution in [0.25, 0.3) is 0 Å². The largest absolute Gasteiger partial charge is 0.487 e. The number of hydrogen-bond acceptors (Lipinski definition) is 9. The standard InChI is InChI=1S/C20H27FN6O4S/c21-32-13-7-14-15(10-27(20(14)30)16-3-4-18(28)25-19(16)29)17(8-13)31-11-12(23)9-26(24)6-2-1-5-22/h7-9,16H,1-6,10-11,22-24H2,(H,25,28,29)/b12-9-. The summed E-state index contributed by atoms with van der Waals surface area (Å²) in [5.74, 6) is 4.88. The second kappa shape index (κ2) is 10.7. The molecule has 3 rings (SSSR count). The molecule has 7 N–H and O–H groups in total. The number of hydrazine groups is 1. The average molecular weight is 467 g/mol. The zero-order valence-electron chi connectivity index (χ0n) is 17.5. The highest BCUT2D eigenvalue weighted by Crippen LogP contribution is 2.37. The molecule has 2 heterocycles. The van der Waals surface area contributed by atoms with E-state index in [2.05, 4.69) is 5.32 Å². The van der Waals surface area contributed by atoms with Crippen molar-refractivity contribution in [3.8, 4) is 5.75 Å². The van der Waals surface area contributed by atoms with Gasteiger partial charge in [0, 0.05) is 35.2 Å². The summed E-state index contributed by atoms with van der Waals surface area (Å²) in [6.45, 7) is 1.25. The summed E-state index contributed by atoms with van der Waals surface area (Å²) in [5, 5.41) is 3.70. The van der Waals surface area contributed by atoms with E-state index in [0.717, 1.165) is 12.8 Å². The van der Waals surface area contributed by atoms with E-state index in [1.165, 1.54) is 22.0 Å². The molecule has 32 heavy (non-hydrogen) atoms. The zero-order valence-corrected chi connectivity index (χ0v) is 18.3. The lowest BCUT2D eigenvalue weighted by molar-refractivity contribution is -0.136. The van der Waals surface area contributed by atoms with Gasteiger partial charge < -0.3 is 26.1 Å². The lowest BCUT2D eigenvalue weighted by atomic mass is 10.0. The third kappa shape index (κ3) is 5.50. The van der Waals surface area contributed by atoms with E-state index >= 15 is 0 Å². The first kappa shape index (κ1) is 23.8. The minimum atomic E-state index is -0.772. The molecular formula is C20H27FN6O4S. The van der Waals surface area contributed by atoms with Crippen molar-refractivity contribution >= 4 is 29.9 Å². The molecule has 1 aromatic rings. The van der Waals surface area contributed by atoms with Gasteiger partial charge in [-0.05, 0) is 37.9 Å². The Morgan fingerprint density at radius 3 is 2.81 bits per heavy atom. The zero-order chi connectivity index (χ0) is 23.3. The molecule has 0 saturated carbocycles. The van der Waals surface area contributed by atoms with Crippen molar-refractivity contribution in [2.45, 2.75) is 43.2 Å². The maximum atomic E-state index is 13.3. The van der Waals surface area contributed by atoms with Crippen LogP contribution in [0.5, 0.6) is 5.75 Å². The Hall–Kier alpha value is -2.83. The number of nitrogens with two attached hydrogens (primary N) is 3. The number of piperidine rings is 1. The van der Waals surface area contributed by atoms with Gasteiger partial charge in [0.05, 0.1) is 24.4 Å². The van der Waals surface area contributed by atoms with Gasteiger partial charge in [0.1, 0.15) is 18.4 Å². The minimum absolute atomic E-state index is 0.0142. The third-order valence-electron chi connectivity index (χ3n) is 5.27. The van der Waals surface area contributed by atoms with Crippen LogP contribution in [0.1, 0.15) is 41.6 Å². The molecule has 1 aromatic carbocycles. The second-order valence-electron chi connectivity index (χ2n) is 7.65. The van der Waals surface area contributed by atoms with Crippen LogP contribution in [-0.2, 0) is 16.1 Å². The van der Waals surface area contributed by atoms with Gasteiger partial charge in [0.2, 0.25) is 11.8 Å². The van der Waals surface area contributed by atoms with Crippen molar-refractivity contribution in [1.29, 1.82) is 0 Å². The Kier molecular flexibility index (Phi) is 7.94. The van der Waals surface area contributed by atoms with E-state index in [1.807, 2.05) is 0 Å². The second-order valence-corrected chi connectivity index (χ2v) is 8.28. The molecule has 12 heteroatoms. The highest BCUT2D eigenvalue weighted by Gasteiger charge is 2.40. The van der Waals surface area contributed by atoms with Gasteiger partial charge in [-0.25, -0.2) is 5.84 Å². The molecule has 1 unspecified atom stereocenters. The molecule has 174 valence electrons. The van der Waals surface area contributed by atoms with Crippen molar-refractivity contribution in [1.82, 2.24) is 15.2 Å². The molecule has 0 aliphatic carbocycles. The number of nitrogens with zero attached hydrogens (tertiary/aromatic N) is 2. The molecule has 2 aliphatic heterocycles. The number of fused-ring (bicyclic) bond motifs is 1. The highest BCUT2D eigenvalue weighted by molar-refractivity contribution is 7.94. The third-order valence-corrected chi connectivity index (χ3v) is 5.69. The fraction of sp³-hybridized carbons (Fsp3) is 0.450. The maximum absolute atomic E-state index is 13.3. The number of benzene rings is 1. The molecule has 1 atom stereocenters. The summed E-state index contributed by atoms with van der Waals surface area (Å²) in [6.07, 6.45) is 3.59. The van der Waals surface area contributed by atoms with E-state index in [0.29, 0.717) is 30.1 Å². The number of halogens is 1. The molecule has 1 saturated heterocycles. The maximum Gasteiger partial charge on any atom is 0.255 e. The molecule has 0 bridgehead atoms. The van der Waals surface area contributed by atoms with Crippen molar-refractivity contribution in [3.63, 3.8) is 0 Å². The number of imide groups is 1. The molecule has 1 fully saturated rings. The van der Waals surface area contributed by atoms with Gasteiger partial charge in [0.15, 0.2) is 0 Å². The first-order valence-corrected chi connectivity index (χ1v) is 11.0. The van der Waals surface area contributed by atoms with Crippen LogP contribution >= 0.6 is 12.1 Å². The number of nitrogens with one attached hydrogen (secondary N) is 1. The van der Waals surface area contributed by atoms with Crippen LogP contribution in [0.4, 0.5) is 3.89 Å². The Balaban J connectivity index is 1.74. The lowest BCUT2D eigenvalue weighted by Gasteiger charge is -2.29. The highest BCUT2D eigenvalue weighted by atomic mass is 32.2. The van der Waals surface area contributed by atoms with Crippen molar-refractivity contribution in [2.75, 3.05) is 19.7 Å². The first-order valence-electron chi connectivity index (χ1n) is 10.2. The Morgan fingerprint density at radius 1 is 1.34 bits per heavy atom. The predicted octanol–water partition coefficient (Wildman–Crippen LogP) is 0.518. The summed E-state index contributed by atoms with van der Waals surface area (Å²) in [7, 11) is 0. The number of hydrogen-bond donors (Lipinski definition) is 4. The van der Waals surface area contributed by atoms with Crippen molar-refractivity contribution in [2.24, 2.45) is 17.3 Å². The van der Waals surface area contributed by atoms with E-state index in [1.54, 1.807) is 6.20 Å². The topological polar surface area (TPSA) is 157 Å². The normalized spacial score (nSPS) is 18.6. The van der Waals surface area contributed by atoms with Gasteiger partial charge in [-0.3, -0.25) is 19.7 Å². The predicted molar refractivity (Wildman–Crippen MR) is 116 cm³/mol. The van der Waals surface area contributed by atoms with E-state index in [9.17, 15) is 18.3 Å². The summed E-state index contributed by atoms with van der Waals surface area (Å²) < 4.78 is 19.1. The fourth-order valence-electron chi connectivity index (χ4n) is 3.69. The van der Waals surface area contributed by atoms with Crippen LogP contribution < -0.4 is 27.4 Å². The van der Waals surface area contributed by atoms with Crippen LogP contribution in [-0.4, -0.2) is 53.4 Å². The number of carbonyl (C=O) groups is 3. The summed E-state index contributed by atoms with van der Waals surface area (Å²) in [6, 6.07) is 2.14. The summed E-state index contributed by atoms with van der Waals surface area (Å²) in [5.41, 5.74) is 12.6. The van der Waals surface area contributed by atoms with Crippen LogP contribution in [0.3, 0.4) is 0 Å². The van der Waals surface area contributed by atoms with Gasteiger partial charge in [-0.2, -0.15) is 3.89 Å². The number of ether oxygens (including phenoxy) is 1. The number of amides is 3. The Bertz CT molecular complexity index is 928. The Labute approximate surface area is 189 Å². The fourth-order valence-corrected chi connectivity index (χ4v) is 4.00. The molecule has 0 aromatic heterocycles. The molecule has 0 radical (unpaired) electrons. The van der Waals surface area contributed by atoms with Gasteiger partial charge in [-0.1, -0.05) is 0 Å². The quantitative estimate of drug-likeness (QED) is 0.167. The number of rotatable bonds is 10. The van der Waals surface area contributed by atoms with Gasteiger partial charge in [0.25, 0.3) is 5.91 Å². The smallest absolute Gasteiger partial charge is 0.255 e. The van der Waals surface area contributed by atoms with Gasteiger partial charge in [-0.15, -0.1) is 0 Å². The van der Waals surface area contributed by atoms with Crippen LogP contribution in [0.15, 0.2) is 28.9 Å². The van der Waals surface area contributed by atoms with Crippen molar-refractivity contribution in [3.05, 3.63) is 35.2 Å². The van der Waals surface area contributed by atoms with E-state index in [-0.39, 0.29) is 54.5 Å². The first-order chi connectivity index (χ1) is 15.3. The van der Waals surface area contributed by atoms with Crippen LogP contribution in [0.2, 0.25) is 0 Å². The molecule has 3 amide bonds. The number of unbranched alkanes of at least 4 members (excludes halogenated alkanes) is 1.